The third-order valence-corrected chi connectivity index (χ3v) is 2.91. The molecule has 0 aliphatic heterocycles. The van der Waals surface area contributed by atoms with Crippen molar-refractivity contribution in [1.29, 1.82) is 0 Å². The van der Waals surface area contributed by atoms with E-state index in [4.69, 9.17) is 41.9 Å². The molecule has 119 valence electrons. The molecule has 0 N–H and O–H groups in total. The zero-order valence-corrected chi connectivity index (χ0v) is 16.5. The molecule has 0 bridgehead atoms. The molecule has 0 aliphatic carbocycles. The summed E-state index contributed by atoms with van der Waals surface area (Å²) in [5.74, 6) is 0. The first-order chi connectivity index (χ1) is 9.72. The maximum absolute atomic E-state index is 5.78. The van der Waals surface area contributed by atoms with Crippen molar-refractivity contribution in [2.75, 3.05) is 0 Å². The predicted octanol–water partition coefficient (Wildman–Crippen LogP) is 7.33. The van der Waals surface area contributed by atoms with E-state index in [1.165, 1.54) is 16.7 Å². The topological polar surface area (TPSA) is 0 Å². The van der Waals surface area contributed by atoms with E-state index in [9.17, 15) is 0 Å². The zero-order valence-electron chi connectivity index (χ0n) is 12.4. The van der Waals surface area contributed by atoms with Gasteiger partial charge in [-0.05, 0) is 39.3 Å². The third-order valence-electron chi connectivity index (χ3n) is 2.49. The van der Waals surface area contributed by atoms with Crippen molar-refractivity contribution in [2.45, 2.75) is 27.7 Å². The molecule has 2 rings (SSSR count). The van der Waals surface area contributed by atoms with Gasteiger partial charge in [0.1, 0.15) is 0 Å². The van der Waals surface area contributed by atoms with Crippen LogP contribution < -0.4 is 0 Å². The molecule has 2 aromatic rings. The fourth-order valence-electron chi connectivity index (χ4n) is 1.60. The zero-order chi connectivity index (χ0) is 16.4. The molecule has 0 radical (unpaired) electrons. The molecule has 0 fully saturated rings. The van der Waals surface area contributed by atoms with Gasteiger partial charge in [-0.3, -0.25) is 0 Å². The van der Waals surface area contributed by atoms with Crippen molar-refractivity contribution in [1.82, 2.24) is 0 Å². The van der Waals surface area contributed by atoms with Gasteiger partial charge < -0.3 is 0 Å². The van der Waals surface area contributed by atoms with E-state index in [0.29, 0.717) is 0 Å². The summed E-state index contributed by atoms with van der Waals surface area (Å²) < 4.78 is 0. The van der Waals surface area contributed by atoms with Gasteiger partial charge in [0.05, 0.1) is 0 Å². The number of rotatable bonds is 0. The molecule has 0 amide bonds. The Morgan fingerprint density at radius 1 is 0.714 bits per heavy atom. The van der Waals surface area contributed by atoms with Crippen molar-refractivity contribution in [3.8, 4) is 0 Å². The Balaban J connectivity index is 0.000000308. The molecule has 0 saturated heterocycles. The van der Waals surface area contributed by atoms with Gasteiger partial charge in [0.15, 0.2) is 0 Å². The van der Waals surface area contributed by atoms with E-state index >= 15 is 0 Å². The molecule has 0 atom stereocenters. The van der Waals surface area contributed by atoms with E-state index in [2.05, 4.69) is 51.1 Å². The minimum atomic E-state index is -1.33. The second-order valence-electron chi connectivity index (χ2n) is 4.56. The van der Waals surface area contributed by atoms with Gasteiger partial charge in [-0.15, -0.1) is 0 Å². The SMILES string of the molecule is Cc1ccc(Cl)c(C)c1.Cc1cccc(C)c1.[Cl][Fe]([Cl])[Cl]. The van der Waals surface area contributed by atoms with Gasteiger partial charge in [0, 0.05) is 5.02 Å². The average molecular weight is 409 g/mol. The van der Waals surface area contributed by atoms with Crippen LogP contribution in [0.15, 0.2) is 42.5 Å². The summed E-state index contributed by atoms with van der Waals surface area (Å²) in [7, 11) is 14.7. The number of hydrogen-bond donors (Lipinski definition) is 0. The third kappa shape index (κ3) is 12.4. The maximum atomic E-state index is 5.78. The van der Waals surface area contributed by atoms with Crippen LogP contribution in [-0.4, -0.2) is 0 Å². The number of hydrogen-bond acceptors (Lipinski definition) is 0. The van der Waals surface area contributed by atoms with Crippen LogP contribution >= 0.6 is 41.9 Å². The molecule has 0 nitrogen and oxygen atoms in total. The minimum absolute atomic E-state index is 0.848. The summed E-state index contributed by atoms with van der Waals surface area (Å²) in [5, 5.41) is 0.848. The first kappa shape index (κ1) is 21.1. The second-order valence-corrected chi connectivity index (χ2v) is 10.4. The quantitative estimate of drug-likeness (QED) is 0.400. The molecule has 0 aliphatic rings. The molecule has 21 heavy (non-hydrogen) atoms. The summed E-state index contributed by atoms with van der Waals surface area (Å²) in [6.45, 7) is 8.28. The summed E-state index contributed by atoms with van der Waals surface area (Å²) >= 11 is 4.45. The van der Waals surface area contributed by atoms with Gasteiger partial charge in [0.25, 0.3) is 0 Å². The summed E-state index contributed by atoms with van der Waals surface area (Å²) in [5.41, 5.74) is 5.09. The number of aryl methyl sites for hydroxylation is 4. The summed E-state index contributed by atoms with van der Waals surface area (Å²) in [6.07, 6.45) is 0. The van der Waals surface area contributed by atoms with E-state index in [0.717, 1.165) is 10.6 Å². The fraction of sp³-hybridized carbons (Fsp3) is 0.250. The van der Waals surface area contributed by atoms with E-state index in [1.54, 1.807) is 0 Å². The molecule has 0 aromatic heterocycles. The van der Waals surface area contributed by atoms with Crippen LogP contribution in [0.4, 0.5) is 0 Å². The van der Waals surface area contributed by atoms with Crippen molar-refractivity contribution in [2.24, 2.45) is 0 Å². The Kier molecular flexibility index (Phi) is 11.7. The van der Waals surface area contributed by atoms with Crippen LogP contribution in [0.1, 0.15) is 22.3 Å². The van der Waals surface area contributed by atoms with E-state index < -0.39 is 11.2 Å². The van der Waals surface area contributed by atoms with Crippen LogP contribution in [0.2, 0.25) is 5.02 Å². The van der Waals surface area contributed by atoms with Crippen LogP contribution in [-0.2, 0) is 11.2 Å². The Bertz CT molecular complexity index is 522. The van der Waals surface area contributed by atoms with Gasteiger partial charge in [-0.2, -0.15) is 0 Å². The van der Waals surface area contributed by atoms with Gasteiger partial charge in [-0.1, -0.05) is 64.7 Å². The summed E-state index contributed by atoms with van der Waals surface area (Å²) in [6, 6.07) is 14.5. The van der Waals surface area contributed by atoms with Crippen LogP contribution in [0.25, 0.3) is 0 Å². The van der Waals surface area contributed by atoms with Crippen molar-refractivity contribution in [3.05, 3.63) is 69.7 Å². The first-order valence-corrected chi connectivity index (χ1v) is 11.1. The van der Waals surface area contributed by atoms with Crippen LogP contribution in [0.5, 0.6) is 0 Å². The Hall–Kier alpha value is 0.119. The number of benzene rings is 2. The summed E-state index contributed by atoms with van der Waals surface area (Å²) in [4.78, 5) is 0. The normalized spacial score (nSPS) is 9.81. The molecule has 2 aromatic carbocycles. The second kappa shape index (κ2) is 11.7. The molecular formula is C16H19Cl4Fe. The number of halogens is 4. The molecule has 5 heteroatoms. The Morgan fingerprint density at radius 2 is 1.14 bits per heavy atom. The van der Waals surface area contributed by atoms with Crippen molar-refractivity contribution < 1.29 is 11.2 Å². The molecule has 0 spiro atoms. The fourth-order valence-corrected chi connectivity index (χ4v) is 1.72. The van der Waals surface area contributed by atoms with Crippen LogP contribution in [0.3, 0.4) is 0 Å². The molecule has 0 saturated carbocycles. The van der Waals surface area contributed by atoms with Crippen LogP contribution in [0, 0.1) is 27.7 Å². The van der Waals surface area contributed by atoms with Gasteiger partial charge >= 0.3 is 41.5 Å². The Labute approximate surface area is 149 Å². The van der Waals surface area contributed by atoms with E-state index in [1.807, 2.05) is 19.1 Å². The first-order valence-electron chi connectivity index (χ1n) is 6.15. The van der Waals surface area contributed by atoms with Crippen molar-refractivity contribution >= 4 is 41.9 Å². The van der Waals surface area contributed by atoms with Crippen molar-refractivity contribution in [3.63, 3.8) is 0 Å². The average Bonchev–Trinajstić information content (AvgIpc) is 2.34. The van der Waals surface area contributed by atoms with E-state index in [-0.39, 0.29) is 0 Å². The molecule has 0 unspecified atom stereocenters. The van der Waals surface area contributed by atoms with Gasteiger partial charge in [0.2, 0.25) is 0 Å². The molecule has 0 heterocycles. The monoisotopic (exact) mass is 407 g/mol. The standard InChI is InChI=1S/C8H9Cl.C8H10.3ClH.Fe/c1-6-3-4-8(9)7(2)5-6;1-7-4-3-5-8(2)6-7;;;;/h3-5H,1-2H3;3-6H,1-2H3;3*1H;/q;;;;;+3/p-3. The molecular weight excluding hydrogens is 390 g/mol. The Morgan fingerprint density at radius 3 is 1.43 bits per heavy atom. The predicted molar refractivity (Wildman–Crippen MR) is 94.4 cm³/mol. The van der Waals surface area contributed by atoms with Gasteiger partial charge in [-0.25, -0.2) is 0 Å².